The van der Waals surface area contributed by atoms with E-state index >= 15 is 0 Å². The van der Waals surface area contributed by atoms with E-state index < -0.39 is 6.16 Å². The molecule has 1 unspecified atom stereocenters. The Morgan fingerprint density at radius 3 is 2.50 bits per heavy atom. The largest absolute Gasteiger partial charge is 0.511 e. The van der Waals surface area contributed by atoms with Crippen molar-refractivity contribution < 1.29 is 19.4 Å². The molecule has 2 aromatic rings. The van der Waals surface area contributed by atoms with Gasteiger partial charge in [0.1, 0.15) is 5.00 Å². The lowest BCUT2D eigenvalue weighted by Gasteiger charge is -2.34. The van der Waals surface area contributed by atoms with Gasteiger partial charge in [0.25, 0.3) is 0 Å². The third-order valence-corrected chi connectivity index (χ3v) is 7.59. The number of ether oxygens (including phenoxy) is 1. The van der Waals surface area contributed by atoms with Crippen molar-refractivity contribution in [3.05, 3.63) is 36.4 Å². The molecule has 0 aliphatic heterocycles. The fourth-order valence-electron chi connectivity index (χ4n) is 3.98. The van der Waals surface area contributed by atoms with E-state index in [2.05, 4.69) is 6.92 Å². The van der Waals surface area contributed by atoms with E-state index in [1.54, 1.807) is 22.7 Å². The van der Waals surface area contributed by atoms with Gasteiger partial charge in [0, 0.05) is 28.7 Å². The molecule has 5 nitrogen and oxygen atoms in total. The average Bonchev–Trinajstić information content (AvgIpc) is 3.12. The van der Waals surface area contributed by atoms with Crippen molar-refractivity contribution in [1.29, 1.82) is 0 Å². The maximum absolute atomic E-state index is 13.6. The highest BCUT2D eigenvalue weighted by Crippen LogP contribution is 2.45. The molecule has 1 aromatic carbocycles. The number of anilines is 1. The first-order valence-corrected chi connectivity index (χ1v) is 12.5. The number of thiophene rings is 1. The maximum atomic E-state index is 13.6. The molecule has 1 heterocycles. The molecule has 1 aliphatic carbocycles. The lowest BCUT2D eigenvalue weighted by atomic mass is 9.82. The smallest absolute Gasteiger partial charge is 0.449 e. The summed E-state index contributed by atoms with van der Waals surface area (Å²) in [6.07, 6.45) is 4.52. The minimum atomic E-state index is -1.37. The van der Waals surface area contributed by atoms with Crippen LogP contribution in [-0.4, -0.2) is 35.2 Å². The Morgan fingerprint density at radius 2 is 1.90 bits per heavy atom. The molecule has 1 saturated carbocycles. The number of amides is 1. The van der Waals surface area contributed by atoms with Crippen molar-refractivity contribution in [2.45, 2.75) is 45.6 Å². The number of rotatable bonds is 7. The molecule has 162 valence electrons. The van der Waals surface area contributed by atoms with Gasteiger partial charge in [0.2, 0.25) is 5.91 Å². The van der Waals surface area contributed by atoms with Crippen LogP contribution in [0.25, 0.3) is 10.4 Å². The summed E-state index contributed by atoms with van der Waals surface area (Å²) in [7, 11) is 0. The zero-order valence-electron chi connectivity index (χ0n) is 17.7. The molecule has 1 N–H and O–H groups in total. The molecule has 1 aliphatic rings. The van der Waals surface area contributed by atoms with Gasteiger partial charge < -0.3 is 9.84 Å². The molecule has 1 fully saturated rings. The van der Waals surface area contributed by atoms with Gasteiger partial charge in [-0.3, -0.25) is 9.69 Å². The fraction of sp³-hybridized carbons (Fsp3) is 0.478. The molecule has 0 bridgehead atoms. The molecule has 0 saturated heterocycles. The summed E-state index contributed by atoms with van der Waals surface area (Å²) >= 11 is 3.09. The van der Waals surface area contributed by atoms with Crippen LogP contribution in [0.1, 0.15) is 39.5 Å². The second kappa shape index (κ2) is 10.4. The number of benzene rings is 1. The van der Waals surface area contributed by atoms with Gasteiger partial charge in [0.05, 0.1) is 0 Å². The van der Waals surface area contributed by atoms with Crippen LogP contribution in [-0.2, 0) is 4.79 Å². The van der Waals surface area contributed by atoms with Crippen molar-refractivity contribution in [1.82, 2.24) is 0 Å². The second-order valence-electron chi connectivity index (χ2n) is 7.98. The Morgan fingerprint density at radius 1 is 1.23 bits per heavy atom. The van der Waals surface area contributed by atoms with Gasteiger partial charge in [-0.2, -0.15) is 11.8 Å². The molecule has 0 radical (unpaired) electrons. The first kappa shape index (κ1) is 22.7. The van der Waals surface area contributed by atoms with Crippen molar-refractivity contribution >= 4 is 40.2 Å². The van der Waals surface area contributed by atoms with E-state index in [0.29, 0.717) is 10.9 Å². The fourth-order valence-corrected chi connectivity index (χ4v) is 5.81. The van der Waals surface area contributed by atoms with Gasteiger partial charge in [-0.05, 0) is 50.3 Å². The van der Waals surface area contributed by atoms with Gasteiger partial charge >= 0.3 is 6.16 Å². The third kappa shape index (κ3) is 5.38. The Hall–Kier alpha value is -1.99. The van der Waals surface area contributed by atoms with E-state index in [0.717, 1.165) is 41.9 Å². The summed E-state index contributed by atoms with van der Waals surface area (Å²) in [5.74, 6) is 1.71. The maximum Gasteiger partial charge on any atom is 0.511 e. The average molecular weight is 448 g/mol. The summed E-state index contributed by atoms with van der Waals surface area (Å²) in [5, 5.41) is 9.87. The summed E-state index contributed by atoms with van der Waals surface area (Å²) in [6, 6.07) is 11.4. The van der Waals surface area contributed by atoms with Crippen LogP contribution in [0.2, 0.25) is 0 Å². The van der Waals surface area contributed by atoms with Crippen LogP contribution in [0, 0.1) is 11.8 Å². The van der Waals surface area contributed by atoms with Crippen molar-refractivity contribution in [2.75, 3.05) is 16.9 Å². The third-order valence-electron chi connectivity index (χ3n) is 5.61. The van der Waals surface area contributed by atoms with E-state index in [1.165, 1.54) is 11.3 Å². The summed E-state index contributed by atoms with van der Waals surface area (Å²) in [6.45, 7) is 4.26. The van der Waals surface area contributed by atoms with Crippen LogP contribution in [0.4, 0.5) is 9.80 Å². The summed E-state index contributed by atoms with van der Waals surface area (Å²) < 4.78 is 5.14. The van der Waals surface area contributed by atoms with Crippen LogP contribution < -0.4 is 9.64 Å². The van der Waals surface area contributed by atoms with Gasteiger partial charge in [-0.25, -0.2) is 4.79 Å². The van der Waals surface area contributed by atoms with Crippen LogP contribution >= 0.6 is 23.1 Å². The SMILES string of the molecule is CSCC(C)N(c1sc(-c2ccccc2)cc1OC(=O)O)C(=O)[C@H]1CC[C@H](C)CC1. The highest BCUT2D eigenvalue weighted by molar-refractivity contribution is 7.98. The Bertz CT molecular complexity index is 859. The standard InChI is InChI=1S/C23H29NO4S2/c1-15-9-11-18(12-10-15)21(25)24(16(2)14-29-3)22-19(28-23(26)27)13-20(30-22)17-7-5-4-6-8-17/h4-8,13,15-16,18H,9-12,14H2,1-3H3,(H,26,27)/t15-,16?,18-. The zero-order valence-corrected chi connectivity index (χ0v) is 19.3. The Balaban J connectivity index is 2.01. The molecule has 1 atom stereocenters. The minimum Gasteiger partial charge on any atom is -0.449 e. The number of carbonyl (C=O) groups is 2. The highest BCUT2D eigenvalue weighted by Gasteiger charge is 2.34. The van der Waals surface area contributed by atoms with E-state index in [-0.39, 0.29) is 23.6 Å². The van der Waals surface area contributed by atoms with Crippen LogP contribution in [0.15, 0.2) is 36.4 Å². The molecular formula is C23H29NO4S2. The topological polar surface area (TPSA) is 66.8 Å². The molecular weight excluding hydrogens is 418 g/mol. The van der Waals surface area contributed by atoms with E-state index in [1.807, 2.05) is 43.5 Å². The van der Waals surface area contributed by atoms with Crippen LogP contribution in [0.3, 0.4) is 0 Å². The van der Waals surface area contributed by atoms with Gasteiger partial charge in [-0.15, -0.1) is 11.3 Å². The quantitative estimate of drug-likeness (QED) is 0.499. The monoisotopic (exact) mass is 447 g/mol. The van der Waals surface area contributed by atoms with Crippen molar-refractivity contribution in [3.8, 4) is 16.2 Å². The predicted molar refractivity (Wildman–Crippen MR) is 125 cm³/mol. The number of thioether (sulfide) groups is 1. The summed E-state index contributed by atoms with van der Waals surface area (Å²) in [5.41, 5.74) is 0.973. The molecule has 30 heavy (non-hydrogen) atoms. The van der Waals surface area contributed by atoms with Gasteiger partial charge in [0.15, 0.2) is 5.75 Å². The molecule has 3 rings (SSSR count). The van der Waals surface area contributed by atoms with Crippen molar-refractivity contribution in [3.63, 3.8) is 0 Å². The van der Waals surface area contributed by atoms with Crippen molar-refractivity contribution in [2.24, 2.45) is 11.8 Å². The van der Waals surface area contributed by atoms with E-state index in [9.17, 15) is 14.7 Å². The first-order chi connectivity index (χ1) is 14.4. The number of hydrogen-bond acceptors (Lipinski definition) is 5. The second-order valence-corrected chi connectivity index (χ2v) is 9.92. The number of nitrogens with zero attached hydrogens (tertiary/aromatic N) is 1. The number of hydrogen-bond donors (Lipinski definition) is 1. The van der Waals surface area contributed by atoms with Gasteiger partial charge in [-0.1, -0.05) is 37.3 Å². The lowest BCUT2D eigenvalue weighted by Crippen LogP contribution is -2.44. The molecule has 7 heteroatoms. The Kier molecular flexibility index (Phi) is 7.83. The lowest BCUT2D eigenvalue weighted by molar-refractivity contribution is -0.123. The first-order valence-electron chi connectivity index (χ1n) is 10.3. The highest BCUT2D eigenvalue weighted by atomic mass is 32.2. The zero-order chi connectivity index (χ0) is 21.7. The Labute approximate surface area is 186 Å². The molecule has 1 aromatic heterocycles. The number of carboxylic acid groups (broad SMARTS) is 1. The van der Waals surface area contributed by atoms with E-state index in [4.69, 9.17) is 4.74 Å². The summed E-state index contributed by atoms with van der Waals surface area (Å²) in [4.78, 5) is 27.7. The molecule has 1 amide bonds. The predicted octanol–water partition coefficient (Wildman–Crippen LogP) is 6.38. The molecule has 0 spiro atoms. The van der Waals surface area contributed by atoms with Crippen LogP contribution in [0.5, 0.6) is 5.75 Å². The normalized spacial score (nSPS) is 19.8. The number of carbonyl (C=O) groups excluding carboxylic acids is 1. The minimum absolute atomic E-state index is 0.0227.